The molecule has 5 nitrogen and oxygen atoms in total. The number of hydrogen-bond acceptors (Lipinski definition) is 2. The highest BCUT2D eigenvalue weighted by Gasteiger charge is 2.39. The van der Waals surface area contributed by atoms with Gasteiger partial charge in [0, 0.05) is 23.5 Å². The first kappa shape index (κ1) is 13.9. The van der Waals surface area contributed by atoms with Gasteiger partial charge in [-0.25, -0.2) is 0 Å². The molecule has 0 bridgehead atoms. The molecule has 21 heavy (non-hydrogen) atoms. The van der Waals surface area contributed by atoms with Gasteiger partial charge in [0.1, 0.15) is 5.69 Å². The maximum atomic E-state index is 12.6. The number of carbonyl (C=O) groups is 2. The van der Waals surface area contributed by atoms with Crippen molar-refractivity contribution in [2.45, 2.75) is 19.4 Å². The van der Waals surface area contributed by atoms with E-state index in [9.17, 15) is 9.59 Å². The zero-order chi connectivity index (χ0) is 15.1. The molecule has 1 amide bonds. The van der Waals surface area contributed by atoms with Crippen molar-refractivity contribution in [2.24, 2.45) is 5.92 Å². The number of hydrogen-bond donors (Lipinski definition) is 2. The van der Waals surface area contributed by atoms with Crippen LogP contribution in [-0.2, 0) is 4.79 Å². The Morgan fingerprint density at radius 2 is 2.10 bits per heavy atom. The van der Waals surface area contributed by atoms with Gasteiger partial charge in [-0.2, -0.15) is 0 Å². The first-order valence-corrected chi connectivity index (χ1v) is 7.18. The molecule has 0 aliphatic carbocycles. The average Bonchev–Trinajstić information content (AvgIpc) is 3.00. The third-order valence-electron chi connectivity index (χ3n) is 4.19. The molecule has 1 aliphatic rings. The van der Waals surface area contributed by atoms with Gasteiger partial charge in [0.05, 0.1) is 10.9 Å². The lowest BCUT2D eigenvalue weighted by atomic mass is 10.0. The number of aromatic nitrogens is 1. The second-order valence-electron chi connectivity index (χ2n) is 5.33. The SMILES string of the molecule is CC1C(C(=O)O)CCN1C(=O)c1[nH]c2ccccc2c1Cl. The molecule has 0 spiro atoms. The minimum Gasteiger partial charge on any atom is -0.481 e. The van der Waals surface area contributed by atoms with E-state index in [1.807, 2.05) is 24.3 Å². The molecule has 2 heterocycles. The van der Waals surface area contributed by atoms with Crippen molar-refractivity contribution >= 4 is 34.4 Å². The van der Waals surface area contributed by atoms with Crippen LogP contribution in [-0.4, -0.2) is 39.5 Å². The summed E-state index contributed by atoms with van der Waals surface area (Å²) in [5.41, 5.74) is 1.13. The maximum Gasteiger partial charge on any atom is 0.308 e. The topological polar surface area (TPSA) is 73.4 Å². The number of fused-ring (bicyclic) bond motifs is 1. The van der Waals surface area contributed by atoms with E-state index in [1.165, 1.54) is 0 Å². The largest absolute Gasteiger partial charge is 0.481 e. The van der Waals surface area contributed by atoms with E-state index in [1.54, 1.807) is 11.8 Å². The Bertz CT molecular complexity index is 725. The summed E-state index contributed by atoms with van der Waals surface area (Å²) in [6.45, 7) is 2.20. The van der Waals surface area contributed by atoms with Gasteiger partial charge in [0.2, 0.25) is 0 Å². The Morgan fingerprint density at radius 3 is 2.71 bits per heavy atom. The number of rotatable bonds is 2. The van der Waals surface area contributed by atoms with Gasteiger partial charge in [0.15, 0.2) is 0 Å². The van der Waals surface area contributed by atoms with Crippen LogP contribution >= 0.6 is 11.6 Å². The zero-order valence-corrected chi connectivity index (χ0v) is 12.2. The molecule has 2 atom stereocenters. The molecule has 6 heteroatoms. The van der Waals surface area contributed by atoms with Crippen LogP contribution < -0.4 is 0 Å². The molecule has 1 aliphatic heterocycles. The summed E-state index contributed by atoms with van der Waals surface area (Å²) in [5, 5.41) is 10.3. The molecule has 2 aromatic rings. The van der Waals surface area contributed by atoms with E-state index in [0.717, 1.165) is 10.9 Å². The standard InChI is InChI=1S/C15H15ClN2O3/c1-8-9(15(20)21)6-7-18(8)14(19)13-12(16)10-4-2-3-5-11(10)17-13/h2-5,8-9,17H,6-7H2,1H3,(H,20,21). The predicted octanol–water partition coefficient (Wildman–Crippen LogP) is 2.76. The number of nitrogens with one attached hydrogen (secondary N) is 1. The molecule has 1 aromatic carbocycles. The molecule has 1 saturated heterocycles. The molecule has 0 radical (unpaired) electrons. The molecule has 1 aromatic heterocycles. The number of carboxylic acid groups (broad SMARTS) is 1. The van der Waals surface area contributed by atoms with Crippen LogP contribution in [0.3, 0.4) is 0 Å². The number of H-pyrrole nitrogens is 1. The van der Waals surface area contributed by atoms with Crippen LogP contribution in [0.2, 0.25) is 5.02 Å². The van der Waals surface area contributed by atoms with Crippen molar-refractivity contribution in [1.29, 1.82) is 0 Å². The fraction of sp³-hybridized carbons (Fsp3) is 0.333. The first-order chi connectivity index (χ1) is 10.0. The Kier molecular flexibility index (Phi) is 3.37. The smallest absolute Gasteiger partial charge is 0.308 e. The number of amides is 1. The second-order valence-corrected chi connectivity index (χ2v) is 5.71. The van der Waals surface area contributed by atoms with Gasteiger partial charge >= 0.3 is 5.97 Å². The van der Waals surface area contributed by atoms with Crippen molar-refractivity contribution in [1.82, 2.24) is 9.88 Å². The lowest BCUT2D eigenvalue weighted by molar-refractivity contribution is -0.142. The maximum absolute atomic E-state index is 12.6. The Labute approximate surface area is 126 Å². The number of carboxylic acids is 1. The monoisotopic (exact) mass is 306 g/mol. The summed E-state index contributed by atoms with van der Waals surface area (Å²) in [4.78, 5) is 28.4. The number of para-hydroxylation sites is 1. The molecule has 2 N–H and O–H groups in total. The van der Waals surface area contributed by atoms with Crippen LogP contribution in [0, 0.1) is 5.92 Å². The molecule has 0 saturated carbocycles. The lowest BCUT2D eigenvalue weighted by Crippen LogP contribution is -2.37. The quantitative estimate of drug-likeness (QED) is 0.896. The number of nitrogens with zero attached hydrogens (tertiary/aromatic N) is 1. The van der Waals surface area contributed by atoms with Gasteiger partial charge in [-0.05, 0) is 19.4 Å². The van der Waals surface area contributed by atoms with Crippen molar-refractivity contribution in [3.8, 4) is 0 Å². The van der Waals surface area contributed by atoms with Crippen LogP contribution in [0.5, 0.6) is 0 Å². The number of aromatic amines is 1. The van der Waals surface area contributed by atoms with Gasteiger partial charge in [0.25, 0.3) is 5.91 Å². The summed E-state index contributed by atoms with van der Waals surface area (Å²) in [6, 6.07) is 7.08. The molecular weight excluding hydrogens is 292 g/mol. The molecule has 1 fully saturated rings. The highest BCUT2D eigenvalue weighted by Crippen LogP contribution is 2.31. The summed E-state index contributed by atoms with van der Waals surface area (Å²) in [7, 11) is 0. The molecule has 3 rings (SSSR count). The van der Waals surface area contributed by atoms with Crippen LogP contribution in [0.25, 0.3) is 10.9 Å². The summed E-state index contributed by atoms with van der Waals surface area (Å²) in [6.07, 6.45) is 0.472. The van der Waals surface area contributed by atoms with E-state index in [-0.39, 0.29) is 11.9 Å². The Balaban J connectivity index is 1.94. The van der Waals surface area contributed by atoms with Crippen LogP contribution in [0.15, 0.2) is 24.3 Å². The Morgan fingerprint density at radius 1 is 1.38 bits per heavy atom. The van der Waals surface area contributed by atoms with E-state index in [2.05, 4.69) is 4.98 Å². The van der Waals surface area contributed by atoms with Gasteiger partial charge in [-0.15, -0.1) is 0 Å². The zero-order valence-electron chi connectivity index (χ0n) is 11.5. The summed E-state index contributed by atoms with van der Waals surface area (Å²) in [5.74, 6) is -1.62. The number of benzene rings is 1. The highest BCUT2D eigenvalue weighted by atomic mass is 35.5. The average molecular weight is 307 g/mol. The lowest BCUT2D eigenvalue weighted by Gasteiger charge is -2.22. The minimum atomic E-state index is -0.861. The van der Waals surface area contributed by atoms with E-state index >= 15 is 0 Å². The van der Waals surface area contributed by atoms with Gasteiger partial charge < -0.3 is 15.0 Å². The highest BCUT2D eigenvalue weighted by molar-refractivity contribution is 6.38. The summed E-state index contributed by atoms with van der Waals surface area (Å²) < 4.78 is 0. The molecular formula is C15H15ClN2O3. The predicted molar refractivity (Wildman–Crippen MR) is 79.6 cm³/mol. The molecule has 2 unspecified atom stereocenters. The Hall–Kier alpha value is -2.01. The number of carbonyl (C=O) groups excluding carboxylic acids is 1. The fourth-order valence-corrected chi connectivity index (χ4v) is 3.25. The van der Waals surface area contributed by atoms with Gasteiger partial charge in [-0.1, -0.05) is 29.8 Å². The van der Waals surface area contributed by atoms with E-state index in [4.69, 9.17) is 16.7 Å². The fourth-order valence-electron chi connectivity index (χ4n) is 2.96. The van der Waals surface area contributed by atoms with Crippen molar-refractivity contribution in [3.63, 3.8) is 0 Å². The normalized spacial score (nSPS) is 21.9. The van der Waals surface area contributed by atoms with Crippen LogP contribution in [0.1, 0.15) is 23.8 Å². The van der Waals surface area contributed by atoms with Crippen molar-refractivity contribution < 1.29 is 14.7 Å². The molecule has 110 valence electrons. The number of likely N-dealkylation sites (tertiary alicyclic amines) is 1. The number of aliphatic carboxylic acids is 1. The van der Waals surface area contributed by atoms with E-state index in [0.29, 0.717) is 23.7 Å². The van der Waals surface area contributed by atoms with Crippen molar-refractivity contribution in [3.05, 3.63) is 35.0 Å². The second kappa shape index (κ2) is 5.07. The van der Waals surface area contributed by atoms with E-state index < -0.39 is 11.9 Å². The van der Waals surface area contributed by atoms with Gasteiger partial charge in [-0.3, -0.25) is 9.59 Å². The van der Waals surface area contributed by atoms with Crippen molar-refractivity contribution in [2.75, 3.05) is 6.54 Å². The minimum absolute atomic E-state index is 0.243. The number of halogens is 1. The summed E-state index contributed by atoms with van der Waals surface area (Å²) >= 11 is 6.28. The first-order valence-electron chi connectivity index (χ1n) is 6.80. The third kappa shape index (κ3) is 2.17. The third-order valence-corrected chi connectivity index (χ3v) is 4.58. The van der Waals surface area contributed by atoms with Crippen LogP contribution in [0.4, 0.5) is 0 Å².